The lowest BCUT2D eigenvalue weighted by Gasteiger charge is -2.28. The predicted molar refractivity (Wildman–Crippen MR) is 57.1 cm³/mol. The van der Waals surface area contributed by atoms with Crippen LogP contribution in [0.2, 0.25) is 0 Å². The van der Waals surface area contributed by atoms with Crippen molar-refractivity contribution in [1.29, 1.82) is 0 Å². The average molecular weight is 187 g/mol. The van der Waals surface area contributed by atoms with Crippen LogP contribution < -0.4 is 6.15 Å². The third kappa shape index (κ3) is 4.63. The van der Waals surface area contributed by atoms with Gasteiger partial charge in [-0.25, -0.2) is 0 Å². The second kappa shape index (κ2) is 6.39. The van der Waals surface area contributed by atoms with Gasteiger partial charge in [0, 0.05) is 0 Å². The molecule has 2 heteroatoms. The number of hydrogen-bond donors (Lipinski definition) is 2. The monoisotopic (exact) mass is 187 g/mol. The molecule has 1 aliphatic rings. The molecule has 4 N–H and O–H groups in total. The van der Waals surface area contributed by atoms with Crippen molar-refractivity contribution in [3.63, 3.8) is 0 Å². The van der Waals surface area contributed by atoms with E-state index in [9.17, 15) is 0 Å². The highest BCUT2D eigenvalue weighted by Gasteiger charge is 2.20. The van der Waals surface area contributed by atoms with Crippen molar-refractivity contribution in [2.24, 2.45) is 11.8 Å². The standard InChI is InChI=1S/C11H22O.H3N/c1-9-5-3-4-6-11(9)8-7-10(2)12;/h9-12H,3-8H2,1-2H3;1H3/t9-,10+,11?;/m0./s1. The van der Waals surface area contributed by atoms with Crippen molar-refractivity contribution in [3.8, 4) is 0 Å². The highest BCUT2D eigenvalue weighted by atomic mass is 16.3. The molecule has 0 aliphatic heterocycles. The molecule has 0 radical (unpaired) electrons. The molecule has 3 atom stereocenters. The molecular weight excluding hydrogens is 162 g/mol. The second-order valence-corrected chi connectivity index (χ2v) is 4.45. The number of aliphatic hydroxyl groups is 1. The van der Waals surface area contributed by atoms with Gasteiger partial charge in [0.05, 0.1) is 6.10 Å². The summed E-state index contributed by atoms with van der Waals surface area (Å²) in [5, 5.41) is 9.17. The molecule has 1 fully saturated rings. The fourth-order valence-electron chi connectivity index (χ4n) is 2.28. The van der Waals surface area contributed by atoms with Crippen molar-refractivity contribution >= 4 is 0 Å². The molecule has 1 aliphatic carbocycles. The van der Waals surface area contributed by atoms with Gasteiger partial charge in [-0.05, 0) is 31.6 Å². The third-order valence-corrected chi connectivity index (χ3v) is 3.24. The van der Waals surface area contributed by atoms with Crippen molar-refractivity contribution in [2.45, 2.75) is 58.5 Å². The van der Waals surface area contributed by atoms with E-state index >= 15 is 0 Å². The lowest BCUT2D eigenvalue weighted by Crippen LogP contribution is -2.18. The third-order valence-electron chi connectivity index (χ3n) is 3.24. The molecule has 0 amide bonds. The van der Waals surface area contributed by atoms with E-state index in [1.165, 1.54) is 32.1 Å². The molecule has 1 rings (SSSR count). The molecule has 0 aromatic heterocycles. The molecule has 0 bridgehead atoms. The summed E-state index contributed by atoms with van der Waals surface area (Å²) in [4.78, 5) is 0. The Hall–Kier alpha value is -0.0800. The maximum Gasteiger partial charge on any atom is 0.0512 e. The van der Waals surface area contributed by atoms with Crippen molar-refractivity contribution in [2.75, 3.05) is 0 Å². The zero-order chi connectivity index (χ0) is 8.97. The lowest BCUT2D eigenvalue weighted by atomic mass is 9.78. The van der Waals surface area contributed by atoms with Crippen LogP contribution in [0.3, 0.4) is 0 Å². The Labute approximate surface area is 82.3 Å². The van der Waals surface area contributed by atoms with E-state index in [1.807, 2.05) is 6.92 Å². The molecule has 0 saturated heterocycles. The molecule has 1 saturated carbocycles. The van der Waals surface area contributed by atoms with Crippen LogP contribution in [-0.4, -0.2) is 11.2 Å². The van der Waals surface area contributed by atoms with Gasteiger partial charge in [0.15, 0.2) is 0 Å². The van der Waals surface area contributed by atoms with Gasteiger partial charge in [-0.2, -0.15) is 0 Å². The minimum atomic E-state index is -0.0980. The van der Waals surface area contributed by atoms with Crippen molar-refractivity contribution < 1.29 is 5.11 Å². The normalized spacial score (nSPS) is 30.7. The summed E-state index contributed by atoms with van der Waals surface area (Å²) in [6, 6.07) is 0. The fourth-order valence-corrected chi connectivity index (χ4v) is 2.28. The highest BCUT2D eigenvalue weighted by Crippen LogP contribution is 2.32. The van der Waals surface area contributed by atoms with Gasteiger partial charge < -0.3 is 11.3 Å². The van der Waals surface area contributed by atoms with Crippen LogP contribution in [0, 0.1) is 11.8 Å². The van der Waals surface area contributed by atoms with Gasteiger partial charge in [0.2, 0.25) is 0 Å². The van der Waals surface area contributed by atoms with Crippen LogP contribution in [0.4, 0.5) is 0 Å². The van der Waals surface area contributed by atoms with Gasteiger partial charge in [-0.3, -0.25) is 0 Å². The van der Waals surface area contributed by atoms with Crippen LogP contribution in [0.1, 0.15) is 52.4 Å². The zero-order valence-corrected chi connectivity index (χ0v) is 9.13. The molecule has 80 valence electrons. The first-order chi connectivity index (χ1) is 5.70. The largest absolute Gasteiger partial charge is 0.393 e. The lowest BCUT2D eigenvalue weighted by molar-refractivity contribution is 0.153. The average Bonchev–Trinajstić information content (AvgIpc) is 2.03. The predicted octanol–water partition coefficient (Wildman–Crippen LogP) is 3.14. The van der Waals surface area contributed by atoms with E-state index in [4.69, 9.17) is 5.11 Å². The first-order valence-electron chi connectivity index (χ1n) is 5.38. The van der Waals surface area contributed by atoms with Crippen molar-refractivity contribution in [3.05, 3.63) is 0 Å². The van der Waals surface area contributed by atoms with Gasteiger partial charge in [0.25, 0.3) is 0 Å². The molecule has 0 heterocycles. The molecule has 1 unspecified atom stereocenters. The summed E-state index contributed by atoms with van der Waals surface area (Å²) >= 11 is 0. The molecule has 2 nitrogen and oxygen atoms in total. The smallest absolute Gasteiger partial charge is 0.0512 e. The minimum absolute atomic E-state index is 0. The zero-order valence-electron chi connectivity index (χ0n) is 9.13. The maximum absolute atomic E-state index is 9.17. The Bertz CT molecular complexity index is 125. The van der Waals surface area contributed by atoms with Crippen LogP contribution in [-0.2, 0) is 0 Å². The molecule has 0 spiro atoms. The highest BCUT2D eigenvalue weighted by molar-refractivity contribution is 4.72. The fraction of sp³-hybridized carbons (Fsp3) is 1.00. The number of aliphatic hydroxyl groups excluding tert-OH is 1. The summed E-state index contributed by atoms with van der Waals surface area (Å²) in [6.07, 6.45) is 7.77. The van der Waals surface area contributed by atoms with Gasteiger partial charge >= 0.3 is 0 Å². The Morgan fingerprint density at radius 2 is 1.92 bits per heavy atom. The van der Waals surface area contributed by atoms with Gasteiger partial charge in [0.1, 0.15) is 0 Å². The van der Waals surface area contributed by atoms with Gasteiger partial charge in [-0.15, -0.1) is 0 Å². The molecule has 13 heavy (non-hydrogen) atoms. The van der Waals surface area contributed by atoms with Crippen LogP contribution in [0.5, 0.6) is 0 Å². The van der Waals surface area contributed by atoms with E-state index < -0.39 is 0 Å². The molecular formula is C11H25NO. The van der Waals surface area contributed by atoms with E-state index in [2.05, 4.69) is 6.92 Å². The Balaban J connectivity index is 0.00000144. The summed E-state index contributed by atoms with van der Waals surface area (Å²) in [6.45, 7) is 4.26. The quantitative estimate of drug-likeness (QED) is 0.713. The summed E-state index contributed by atoms with van der Waals surface area (Å²) in [5.74, 6) is 1.80. The topological polar surface area (TPSA) is 55.2 Å². The molecule has 0 aromatic carbocycles. The SMILES string of the molecule is C[C@@H](O)CCC1CCCC[C@@H]1C.N. The number of rotatable bonds is 3. The summed E-state index contributed by atoms with van der Waals surface area (Å²) in [5.41, 5.74) is 0. The van der Waals surface area contributed by atoms with Gasteiger partial charge in [-0.1, -0.05) is 32.6 Å². The Morgan fingerprint density at radius 3 is 2.46 bits per heavy atom. The van der Waals surface area contributed by atoms with Crippen LogP contribution >= 0.6 is 0 Å². The first kappa shape index (κ1) is 12.9. The number of hydrogen-bond acceptors (Lipinski definition) is 2. The van der Waals surface area contributed by atoms with Crippen LogP contribution in [0.15, 0.2) is 0 Å². The van der Waals surface area contributed by atoms with E-state index in [-0.39, 0.29) is 12.3 Å². The van der Waals surface area contributed by atoms with Crippen molar-refractivity contribution in [1.82, 2.24) is 6.15 Å². The van der Waals surface area contributed by atoms with E-state index in [1.54, 1.807) is 0 Å². The summed E-state index contributed by atoms with van der Waals surface area (Å²) in [7, 11) is 0. The van der Waals surface area contributed by atoms with Crippen LogP contribution in [0.25, 0.3) is 0 Å². The second-order valence-electron chi connectivity index (χ2n) is 4.45. The molecule has 0 aromatic rings. The van der Waals surface area contributed by atoms with E-state index in [0.29, 0.717) is 0 Å². The maximum atomic E-state index is 9.17. The van der Waals surface area contributed by atoms with E-state index in [0.717, 1.165) is 18.3 Å². The Morgan fingerprint density at radius 1 is 1.31 bits per heavy atom. The first-order valence-corrected chi connectivity index (χ1v) is 5.38. The summed E-state index contributed by atoms with van der Waals surface area (Å²) < 4.78 is 0. The Kier molecular flexibility index (Phi) is 6.35. The minimum Gasteiger partial charge on any atom is -0.393 e.